The molecule has 0 radical (unpaired) electrons. The van der Waals surface area contributed by atoms with E-state index in [1.165, 1.54) is 16.9 Å². The zero-order valence-electron chi connectivity index (χ0n) is 6.98. The molecule has 6 heteroatoms. The Kier molecular flexibility index (Phi) is 2.20. The first-order valence-corrected chi connectivity index (χ1v) is 4.57. The highest BCUT2D eigenvalue weighted by molar-refractivity contribution is 9.10. The first-order valence-electron chi connectivity index (χ1n) is 3.78. The number of anilines is 1. The molecule has 2 N–H and O–H groups in total. The maximum absolute atomic E-state index is 12.8. The number of nitrogens with two attached hydrogens (primary N) is 1. The third-order valence-electron chi connectivity index (χ3n) is 1.65. The molecule has 2 aromatic rings. The maximum Gasteiger partial charge on any atom is 0.151 e. The third kappa shape index (κ3) is 1.60. The van der Waals surface area contributed by atoms with Gasteiger partial charge < -0.3 is 5.73 Å². The number of pyridine rings is 1. The van der Waals surface area contributed by atoms with Gasteiger partial charge in [-0.2, -0.15) is 5.10 Å². The van der Waals surface area contributed by atoms with Crippen molar-refractivity contribution in [2.75, 3.05) is 5.73 Å². The molecule has 0 amide bonds. The van der Waals surface area contributed by atoms with Crippen LogP contribution in [0.4, 0.5) is 10.1 Å². The Morgan fingerprint density at radius 1 is 1.43 bits per heavy atom. The molecule has 14 heavy (non-hydrogen) atoms. The van der Waals surface area contributed by atoms with Crippen LogP contribution in [0.2, 0.25) is 0 Å². The lowest BCUT2D eigenvalue weighted by Gasteiger charge is -1.98. The summed E-state index contributed by atoms with van der Waals surface area (Å²) >= 11 is 3.16. The summed E-state index contributed by atoms with van der Waals surface area (Å²) in [4.78, 5) is 3.71. The summed E-state index contributed by atoms with van der Waals surface area (Å²) in [5.74, 6) is -0.410. The van der Waals surface area contributed by atoms with Crippen LogP contribution in [0.1, 0.15) is 0 Å². The van der Waals surface area contributed by atoms with Crippen molar-refractivity contribution in [2.24, 2.45) is 0 Å². The molecular weight excluding hydrogens is 251 g/mol. The molecule has 0 aliphatic carbocycles. The molecule has 2 rings (SSSR count). The van der Waals surface area contributed by atoms with Gasteiger partial charge in [0.1, 0.15) is 5.82 Å². The van der Waals surface area contributed by atoms with E-state index in [2.05, 4.69) is 26.0 Å². The molecule has 0 saturated carbocycles. The van der Waals surface area contributed by atoms with Crippen molar-refractivity contribution in [1.29, 1.82) is 0 Å². The number of rotatable bonds is 1. The Labute approximate surface area is 87.7 Å². The van der Waals surface area contributed by atoms with Gasteiger partial charge in [-0.05, 0) is 15.9 Å². The second-order valence-corrected chi connectivity index (χ2v) is 3.43. The minimum Gasteiger partial charge on any atom is -0.395 e. The summed E-state index contributed by atoms with van der Waals surface area (Å²) < 4.78 is 14.8. The Balaban J connectivity index is 2.49. The van der Waals surface area contributed by atoms with Crippen LogP contribution in [-0.2, 0) is 0 Å². The van der Waals surface area contributed by atoms with Gasteiger partial charge in [0.2, 0.25) is 0 Å². The highest BCUT2D eigenvalue weighted by Crippen LogP contribution is 2.18. The normalized spacial score (nSPS) is 10.4. The van der Waals surface area contributed by atoms with E-state index in [-0.39, 0.29) is 0 Å². The lowest BCUT2D eigenvalue weighted by molar-refractivity contribution is 0.618. The molecule has 0 fully saturated rings. The summed E-state index contributed by atoms with van der Waals surface area (Å²) in [6.45, 7) is 0. The van der Waals surface area contributed by atoms with Gasteiger partial charge in [-0.3, -0.25) is 4.98 Å². The number of halogens is 2. The van der Waals surface area contributed by atoms with E-state index in [1.54, 1.807) is 6.20 Å². The fourth-order valence-electron chi connectivity index (χ4n) is 1.02. The van der Waals surface area contributed by atoms with Crippen LogP contribution >= 0.6 is 15.9 Å². The number of aromatic nitrogens is 3. The van der Waals surface area contributed by atoms with Crippen LogP contribution in [-0.4, -0.2) is 14.8 Å². The van der Waals surface area contributed by atoms with Crippen LogP contribution in [0, 0.1) is 5.82 Å². The van der Waals surface area contributed by atoms with E-state index in [0.717, 1.165) is 6.20 Å². The smallest absolute Gasteiger partial charge is 0.151 e. The first-order chi connectivity index (χ1) is 6.66. The number of hydrogen-bond acceptors (Lipinski definition) is 3. The Hall–Kier alpha value is -1.43. The molecule has 0 aliphatic rings. The molecule has 2 heterocycles. The predicted octanol–water partition coefficient (Wildman–Crippen LogP) is 1.75. The van der Waals surface area contributed by atoms with Crippen molar-refractivity contribution in [1.82, 2.24) is 14.8 Å². The predicted molar refractivity (Wildman–Crippen MR) is 53.4 cm³/mol. The molecule has 2 aromatic heterocycles. The van der Waals surface area contributed by atoms with E-state index < -0.39 is 5.82 Å². The van der Waals surface area contributed by atoms with Gasteiger partial charge in [-0.1, -0.05) is 0 Å². The van der Waals surface area contributed by atoms with E-state index in [9.17, 15) is 4.39 Å². The van der Waals surface area contributed by atoms with Crippen molar-refractivity contribution in [3.8, 4) is 5.69 Å². The molecule has 72 valence electrons. The fourth-order valence-corrected chi connectivity index (χ4v) is 1.30. The molecule has 4 nitrogen and oxygen atoms in total. The van der Waals surface area contributed by atoms with E-state index >= 15 is 0 Å². The molecule has 0 saturated heterocycles. The van der Waals surface area contributed by atoms with Gasteiger partial charge in [0.25, 0.3) is 0 Å². The van der Waals surface area contributed by atoms with Gasteiger partial charge in [0.15, 0.2) is 4.60 Å². The Morgan fingerprint density at radius 2 is 2.21 bits per heavy atom. The topological polar surface area (TPSA) is 56.7 Å². The van der Waals surface area contributed by atoms with Crippen LogP contribution in [0.3, 0.4) is 0 Å². The number of nitrogens with zero attached hydrogens (tertiary/aromatic N) is 3. The van der Waals surface area contributed by atoms with Gasteiger partial charge in [0.05, 0.1) is 30.0 Å². The quantitative estimate of drug-likeness (QED) is 0.846. The van der Waals surface area contributed by atoms with Gasteiger partial charge >= 0.3 is 0 Å². The van der Waals surface area contributed by atoms with Crippen molar-refractivity contribution < 1.29 is 4.39 Å². The lowest BCUT2D eigenvalue weighted by Crippen LogP contribution is -1.96. The van der Waals surface area contributed by atoms with E-state index in [4.69, 9.17) is 5.73 Å². The summed E-state index contributed by atoms with van der Waals surface area (Å²) in [7, 11) is 0. The minimum atomic E-state index is -0.410. The summed E-state index contributed by atoms with van der Waals surface area (Å²) in [5.41, 5.74) is 6.60. The second-order valence-electron chi connectivity index (χ2n) is 2.68. The highest BCUT2D eigenvalue weighted by Gasteiger charge is 2.04. The Bertz CT molecular complexity index is 449. The summed E-state index contributed by atoms with van der Waals surface area (Å²) in [6, 6.07) is 1.33. The van der Waals surface area contributed by atoms with Crippen LogP contribution in [0.5, 0.6) is 0 Å². The zero-order chi connectivity index (χ0) is 10.1. The SMILES string of the molecule is Nc1cn(-c2cncc(F)c2)nc1Br. The van der Waals surface area contributed by atoms with Gasteiger partial charge in [-0.25, -0.2) is 9.07 Å². The van der Waals surface area contributed by atoms with Gasteiger partial charge in [0, 0.05) is 6.07 Å². The molecule has 0 aliphatic heterocycles. The standard InChI is InChI=1S/C8H6BrFN4/c9-8-7(11)4-14(13-8)6-1-5(10)2-12-3-6/h1-4H,11H2. The summed E-state index contributed by atoms with van der Waals surface area (Å²) in [6.07, 6.45) is 4.22. The minimum absolute atomic E-state index is 0.410. The van der Waals surface area contributed by atoms with Crippen LogP contribution in [0.15, 0.2) is 29.3 Å². The highest BCUT2D eigenvalue weighted by atomic mass is 79.9. The lowest BCUT2D eigenvalue weighted by atomic mass is 10.4. The van der Waals surface area contributed by atoms with Gasteiger partial charge in [-0.15, -0.1) is 0 Å². The molecule has 0 atom stereocenters. The van der Waals surface area contributed by atoms with E-state index in [0.29, 0.717) is 16.0 Å². The largest absolute Gasteiger partial charge is 0.395 e. The molecule has 0 spiro atoms. The average molecular weight is 257 g/mol. The van der Waals surface area contributed by atoms with Crippen molar-refractivity contribution in [3.63, 3.8) is 0 Å². The molecule has 0 aromatic carbocycles. The van der Waals surface area contributed by atoms with Crippen LogP contribution < -0.4 is 5.73 Å². The molecule has 0 bridgehead atoms. The number of hydrogen-bond donors (Lipinski definition) is 1. The van der Waals surface area contributed by atoms with Crippen molar-refractivity contribution in [2.45, 2.75) is 0 Å². The fraction of sp³-hybridized carbons (Fsp3) is 0. The average Bonchev–Trinajstić information content (AvgIpc) is 2.47. The third-order valence-corrected chi connectivity index (χ3v) is 2.27. The zero-order valence-corrected chi connectivity index (χ0v) is 8.57. The molecular formula is C8H6BrFN4. The monoisotopic (exact) mass is 256 g/mol. The van der Waals surface area contributed by atoms with E-state index in [1.807, 2.05) is 0 Å². The second kappa shape index (κ2) is 3.38. The Morgan fingerprint density at radius 3 is 2.79 bits per heavy atom. The van der Waals surface area contributed by atoms with Crippen molar-refractivity contribution in [3.05, 3.63) is 35.1 Å². The maximum atomic E-state index is 12.8. The number of nitrogen functional groups attached to an aromatic ring is 1. The van der Waals surface area contributed by atoms with Crippen LogP contribution in [0.25, 0.3) is 5.69 Å². The summed E-state index contributed by atoms with van der Waals surface area (Å²) in [5, 5.41) is 4.02. The molecule has 0 unspecified atom stereocenters. The first kappa shape index (κ1) is 9.14. The van der Waals surface area contributed by atoms with Crippen molar-refractivity contribution >= 4 is 21.6 Å².